The van der Waals surface area contributed by atoms with Crippen molar-refractivity contribution in [3.63, 3.8) is 0 Å². The van der Waals surface area contributed by atoms with E-state index in [9.17, 15) is 4.79 Å². The molecule has 5 N–H and O–H groups in total. The maximum Gasteiger partial charge on any atom is 0.252 e. The van der Waals surface area contributed by atoms with Crippen molar-refractivity contribution in [2.75, 3.05) is 13.2 Å². The number of carbonyl (C=O) groups is 1. The number of hydrogen-bond acceptors (Lipinski definition) is 7. The zero-order valence-electron chi connectivity index (χ0n) is 16.1. The smallest absolute Gasteiger partial charge is 0.252 e. The summed E-state index contributed by atoms with van der Waals surface area (Å²) in [5, 5.41) is 8.40. The van der Waals surface area contributed by atoms with Crippen LogP contribution in [-0.4, -0.2) is 48.4 Å². The molecule has 1 amide bonds. The van der Waals surface area contributed by atoms with Gasteiger partial charge < -0.3 is 25.5 Å². The number of rotatable bonds is 6. The van der Waals surface area contributed by atoms with Gasteiger partial charge in [0.15, 0.2) is 0 Å². The molecule has 1 saturated carbocycles. The summed E-state index contributed by atoms with van der Waals surface area (Å²) in [4.78, 5) is 12.3. The van der Waals surface area contributed by atoms with Crippen LogP contribution < -0.4 is 16.9 Å². The van der Waals surface area contributed by atoms with Crippen molar-refractivity contribution in [2.45, 2.75) is 62.8 Å². The van der Waals surface area contributed by atoms with Gasteiger partial charge in [0.05, 0.1) is 25.3 Å². The average molecular weight is 407 g/mol. The highest BCUT2D eigenvalue weighted by Gasteiger charge is 2.49. The number of nitrogens with zero attached hydrogens (tertiary/aromatic N) is 1. The van der Waals surface area contributed by atoms with E-state index in [1.165, 1.54) is 43.4 Å². The van der Waals surface area contributed by atoms with E-state index in [1.807, 2.05) is 23.0 Å². The number of carbonyl (C=O) groups excluding carboxylic acids is 1. The fourth-order valence-corrected chi connectivity index (χ4v) is 5.20. The molecule has 4 rings (SSSR count). The van der Waals surface area contributed by atoms with Gasteiger partial charge in [-0.1, -0.05) is 32.1 Å². The largest absolute Gasteiger partial charge is 0.401 e. The van der Waals surface area contributed by atoms with Crippen molar-refractivity contribution in [1.29, 1.82) is 0 Å². The van der Waals surface area contributed by atoms with Crippen LogP contribution in [-0.2, 0) is 9.47 Å². The molecule has 28 heavy (non-hydrogen) atoms. The van der Waals surface area contributed by atoms with Crippen molar-refractivity contribution in [1.82, 2.24) is 10.3 Å². The van der Waals surface area contributed by atoms with Crippen LogP contribution in [0.1, 0.15) is 48.9 Å². The van der Waals surface area contributed by atoms with E-state index in [0.29, 0.717) is 24.7 Å². The molecule has 1 aromatic rings. The number of thiophene rings is 1. The van der Waals surface area contributed by atoms with Gasteiger partial charge >= 0.3 is 0 Å². The van der Waals surface area contributed by atoms with Gasteiger partial charge in [0, 0.05) is 22.8 Å². The van der Waals surface area contributed by atoms with Crippen molar-refractivity contribution in [3.05, 3.63) is 34.3 Å². The standard InChI is InChI=1S/C20H30N4O3S/c21-15(8-13-4-2-1-3-5-13)9-24(22)17-11-27-18-16(10-26-19(17)18)23-20(25)14-6-7-28-12-14/h6-7,9,12-13,16-19H,1-5,8,10-11,21-22H2,(H,23,25)/b15-9-. The molecule has 8 heteroatoms. The second-order valence-electron chi connectivity index (χ2n) is 8.11. The van der Waals surface area contributed by atoms with Crippen molar-refractivity contribution in [3.8, 4) is 0 Å². The van der Waals surface area contributed by atoms with Crippen LogP contribution in [0.5, 0.6) is 0 Å². The minimum absolute atomic E-state index is 0.0937. The number of allylic oxidation sites excluding steroid dienone is 1. The maximum absolute atomic E-state index is 12.3. The highest BCUT2D eigenvalue weighted by atomic mass is 32.1. The molecule has 3 fully saturated rings. The van der Waals surface area contributed by atoms with Crippen LogP contribution in [0.3, 0.4) is 0 Å². The Morgan fingerprint density at radius 1 is 1.25 bits per heavy atom. The summed E-state index contributed by atoms with van der Waals surface area (Å²) in [6.07, 6.45) is 8.83. The van der Waals surface area contributed by atoms with Gasteiger partial charge in [0.25, 0.3) is 5.91 Å². The molecule has 0 radical (unpaired) electrons. The van der Waals surface area contributed by atoms with Crippen LogP contribution in [0.25, 0.3) is 0 Å². The quantitative estimate of drug-likeness (QED) is 0.493. The Balaban J connectivity index is 1.32. The molecule has 4 atom stereocenters. The van der Waals surface area contributed by atoms with Crippen LogP contribution in [0.4, 0.5) is 0 Å². The molecule has 0 spiro atoms. The second-order valence-corrected chi connectivity index (χ2v) is 8.89. The van der Waals surface area contributed by atoms with Gasteiger partial charge in [-0.2, -0.15) is 11.3 Å². The zero-order chi connectivity index (χ0) is 19.5. The number of nitrogens with one attached hydrogen (secondary N) is 1. The zero-order valence-corrected chi connectivity index (χ0v) is 16.9. The molecule has 4 unspecified atom stereocenters. The first-order chi connectivity index (χ1) is 13.6. The molecule has 1 aliphatic carbocycles. The Bertz CT molecular complexity index is 690. The predicted octanol–water partition coefficient (Wildman–Crippen LogP) is 1.96. The highest BCUT2D eigenvalue weighted by Crippen LogP contribution is 2.31. The lowest BCUT2D eigenvalue weighted by molar-refractivity contribution is 0.0525. The minimum Gasteiger partial charge on any atom is -0.401 e. The lowest BCUT2D eigenvalue weighted by Gasteiger charge is -2.27. The van der Waals surface area contributed by atoms with E-state index in [0.717, 1.165) is 12.1 Å². The molecule has 0 bridgehead atoms. The van der Waals surface area contributed by atoms with Crippen LogP contribution in [0.15, 0.2) is 28.7 Å². The summed E-state index contributed by atoms with van der Waals surface area (Å²) in [6.45, 7) is 0.890. The van der Waals surface area contributed by atoms with Gasteiger partial charge in [0.2, 0.25) is 0 Å². The molecule has 0 aromatic carbocycles. The molecule has 7 nitrogen and oxygen atoms in total. The SMILES string of the molecule is N/C(=C\N(N)C1COC2C(NC(=O)c3ccsc3)COC21)CC1CCCCC1. The summed E-state index contributed by atoms with van der Waals surface area (Å²) >= 11 is 1.50. The third-order valence-electron chi connectivity index (χ3n) is 6.07. The van der Waals surface area contributed by atoms with Gasteiger partial charge in [-0.25, -0.2) is 5.84 Å². The van der Waals surface area contributed by atoms with E-state index in [1.54, 1.807) is 5.01 Å². The molecule has 2 aliphatic heterocycles. The van der Waals surface area contributed by atoms with Crippen molar-refractivity contribution < 1.29 is 14.3 Å². The van der Waals surface area contributed by atoms with Crippen LogP contribution in [0.2, 0.25) is 0 Å². The predicted molar refractivity (Wildman–Crippen MR) is 108 cm³/mol. The molecule has 3 heterocycles. The van der Waals surface area contributed by atoms with Gasteiger partial charge in [-0.15, -0.1) is 0 Å². The summed E-state index contributed by atoms with van der Waals surface area (Å²) in [5.41, 5.74) is 7.75. The summed E-state index contributed by atoms with van der Waals surface area (Å²) in [6, 6.07) is 1.55. The van der Waals surface area contributed by atoms with E-state index in [-0.39, 0.29) is 30.2 Å². The second kappa shape index (κ2) is 8.82. The lowest BCUT2D eigenvalue weighted by Crippen LogP contribution is -2.47. The molecular weight excluding hydrogens is 376 g/mol. The Morgan fingerprint density at radius 3 is 2.79 bits per heavy atom. The Morgan fingerprint density at radius 2 is 2.04 bits per heavy atom. The highest BCUT2D eigenvalue weighted by molar-refractivity contribution is 7.08. The number of ether oxygens (including phenoxy) is 2. The molecule has 154 valence electrons. The lowest BCUT2D eigenvalue weighted by atomic mass is 9.86. The maximum atomic E-state index is 12.3. The molecular formula is C20H30N4O3S. The summed E-state index contributed by atoms with van der Waals surface area (Å²) in [5.74, 6) is 6.87. The van der Waals surface area contributed by atoms with Crippen LogP contribution in [0, 0.1) is 5.92 Å². The Hall–Kier alpha value is -1.61. The van der Waals surface area contributed by atoms with Crippen molar-refractivity contribution >= 4 is 17.2 Å². The number of hydrazine groups is 1. The van der Waals surface area contributed by atoms with E-state index in [4.69, 9.17) is 21.1 Å². The summed E-state index contributed by atoms with van der Waals surface area (Å²) in [7, 11) is 0. The fraction of sp³-hybridized carbons (Fsp3) is 0.650. The number of fused-ring (bicyclic) bond motifs is 1. The first kappa shape index (κ1) is 19.7. The number of hydrogen-bond donors (Lipinski definition) is 3. The Labute approximate surface area is 170 Å². The van der Waals surface area contributed by atoms with Gasteiger partial charge in [-0.05, 0) is 23.8 Å². The topological polar surface area (TPSA) is 103 Å². The third kappa shape index (κ3) is 4.35. The van der Waals surface area contributed by atoms with Gasteiger partial charge in [-0.3, -0.25) is 4.79 Å². The van der Waals surface area contributed by atoms with Crippen molar-refractivity contribution in [2.24, 2.45) is 17.5 Å². The fourth-order valence-electron chi connectivity index (χ4n) is 4.57. The first-order valence-corrected chi connectivity index (χ1v) is 11.1. The molecule has 2 saturated heterocycles. The number of amides is 1. The molecule has 1 aromatic heterocycles. The third-order valence-corrected chi connectivity index (χ3v) is 6.76. The summed E-state index contributed by atoms with van der Waals surface area (Å²) < 4.78 is 11.9. The van der Waals surface area contributed by atoms with Crippen LogP contribution >= 0.6 is 11.3 Å². The first-order valence-electron chi connectivity index (χ1n) is 10.2. The van der Waals surface area contributed by atoms with E-state index < -0.39 is 0 Å². The minimum atomic E-state index is -0.188. The Kier molecular flexibility index (Phi) is 6.20. The average Bonchev–Trinajstić information content (AvgIpc) is 3.41. The van der Waals surface area contributed by atoms with E-state index >= 15 is 0 Å². The van der Waals surface area contributed by atoms with Gasteiger partial charge in [0.1, 0.15) is 12.2 Å². The number of nitrogens with two attached hydrogens (primary N) is 2. The normalized spacial score (nSPS) is 31.0. The monoisotopic (exact) mass is 406 g/mol. The van der Waals surface area contributed by atoms with E-state index in [2.05, 4.69) is 5.32 Å². The molecule has 3 aliphatic rings.